The Morgan fingerprint density at radius 3 is 2.76 bits per heavy atom. The second-order valence-corrected chi connectivity index (χ2v) is 5.20. The molecule has 1 aliphatic rings. The van der Waals surface area contributed by atoms with Crippen LogP contribution in [0.15, 0.2) is 18.2 Å². The molecule has 0 saturated heterocycles. The minimum Gasteiger partial charge on any atom is -0.391 e. The predicted octanol–water partition coefficient (Wildman–Crippen LogP) is 2.16. The molecule has 7 heteroatoms. The van der Waals surface area contributed by atoms with Crippen molar-refractivity contribution in [2.75, 3.05) is 0 Å². The number of aliphatic hydroxyl groups is 1. The summed E-state index contributed by atoms with van der Waals surface area (Å²) in [5.41, 5.74) is -0.770. The Kier molecular flexibility index (Phi) is 4.85. The molecule has 0 radical (unpaired) electrons. The van der Waals surface area contributed by atoms with Crippen LogP contribution in [0.4, 0.5) is 10.1 Å². The Hall–Kier alpha value is -2.02. The van der Waals surface area contributed by atoms with Crippen LogP contribution in [0.3, 0.4) is 0 Å². The third kappa shape index (κ3) is 3.75. The van der Waals surface area contributed by atoms with Gasteiger partial charge >= 0.3 is 0 Å². The topological polar surface area (TPSA) is 92.5 Å². The third-order valence-electron chi connectivity index (χ3n) is 3.70. The minimum atomic E-state index is -0.729. The van der Waals surface area contributed by atoms with Crippen molar-refractivity contribution in [1.82, 2.24) is 5.32 Å². The maximum Gasteiger partial charge on any atom is 0.282 e. The number of hydrogen-bond donors (Lipinski definition) is 2. The highest BCUT2D eigenvalue weighted by atomic mass is 19.1. The molecule has 0 heterocycles. The molecule has 2 rings (SSSR count). The number of nitrogens with zero attached hydrogens (tertiary/aromatic N) is 1. The number of nitrogens with one attached hydrogen (secondary N) is 1. The first kappa shape index (κ1) is 15.4. The van der Waals surface area contributed by atoms with Crippen LogP contribution in [0.25, 0.3) is 0 Å². The number of benzene rings is 1. The van der Waals surface area contributed by atoms with E-state index in [0.29, 0.717) is 12.8 Å². The van der Waals surface area contributed by atoms with Gasteiger partial charge in [0, 0.05) is 6.07 Å². The van der Waals surface area contributed by atoms with E-state index >= 15 is 0 Å². The van der Waals surface area contributed by atoms with Gasteiger partial charge in [-0.1, -0.05) is 19.3 Å². The van der Waals surface area contributed by atoms with Gasteiger partial charge in [-0.25, -0.2) is 4.39 Å². The van der Waals surface area contributed by atoms with Crippen molar-refractivity contribution < 1.29 is 19.2 Å². The number of hydrogen-bond acceptors (Lipinski definition) is 4. The summed E-state index contributed by atoms with van der Waals surface area (Å²) in [6, 6.07) is 2.29. The van der Waals surface area contributed by atoms with Crippen molar-refractivity contribution in [1.29, 1.82) is 0 Å². The summed E-state index contributed by atoms with van der Waals surface area (Å²) in [7, 11) is 0. The summed E-state index contributed by atoms with van der Waals surface area (Å²) < 4.78 is 13.2. The van der Waals surface area contributed by atoms with Gasteiger partial charge in [0.05, 0.1) is 17.1 Å². The van der Waals surface area contributed by atoms with E-state index in [4.69, 9.17) is 0 Å². The molecule has 2 unspecified atom stereocenters. The van der Waals surface area contributed by atoms with Crippen molar-refractivity contribution >= 4 is 11.6 Å². The monoisotopic (exact) mass is 296 g/mol. The molecular weight excluding hydrogens is 279 g/mol. The fraction of sp³-hybridized carbons (Fsp3) is 0.500. The molecule has 6 nitrogen and oxygen atoms in total. The largest absolute Gasteiger partial charge is 0.391 e. The van der Waals surface area contributed by atoms with Gasteiger partial charge in [0.1, 0.15) is 11.4 Å². The van der Waals surface area contributed by atoms with Gasteiger partial charge in [-0.15, -0.1) is 0 Å². The Morgan fingerprint density at radius 1 is 1.33 bits per heavy atom. The molecule has 2 atom stereocenters. The quantitative estimate of drug-likeness (QED) is 0.508. The van der Waals surface area contributed by atoms with Crippen LogP contribution in [-0.2, 0) is 0 Å². The lowest BCUT2D eigenvalue weighted by atomic mass is 10.0. The molecule has 0 bridgehead atoms. The Morgan fingerprint density at radius 2 is 2.05 bits per heavy atom. The van der Waals surface area contributed by atoms with Crippen LogP contribution in [0, 0.1) is 15.9 Å². The summed E-state index contributed by atoms with van der Waals surface area (Å²) >= 11 is 0. The molecule has 2 N–H and O–H groups in total. The van der Waals surface area contributed by atoms with Crippen LogP contribution >= 0.6 is 0 Å². The number of halogens is 1. The van der Waals surface area contributed by atoms with Crippen LogP contribution in [0.2, 0.25) is 0 Å². The van der Waals surface area contributed by atoms with Crippen molar-refractivity contribution in [2.24, 2.45) is 0 Å². The van der Waals surface area contributed by atoms with Gasteiger partial charge in [0.25, 0.3) is 11.6 Å². The van der Waals surface area contributed by atoms with Crippen molar-refractivity contribution in [3.63, 3.8) is 0 Å². The van der Waals surface area contributed by atoms with Crippen molar-refractivity contribution in [2.45, 2.75) is 44.2 Å². The van der Waals surface area contributed by atoms with Gasteiger partial charge in [0.15, 0.2) is 0 Å². The Labute approximate surface area is 121 Å². The zero-order valence-corrected chi connectivity index (χ0v) is 11.4. The summed E-state index contributed by atoms with van der Waals surface area (Å²) in [6.45, 7) is 0. The van der Waals surface area contributed by atoms with E-state index in [0.717, 1.165) is 37.5 Å². The fourth-order valence-corrected chi connectivity index (χ4v) is 2.55. The zero-order valence-electron chi connectivity index (χ0n) is 11.4. The van der Waals surface area contributed by atoms with E-state index in [1.807, 2.05) is 0 Å². The highest BCUT2D eigenvalue weighted by Crippen LogP contribution is 2.22. The predicted molar refractivity (Wildman–Crippen MR) is 73.4 cm³/mol. The second-order valence-electron chi connectivity index (χ2n) is 5.20. The number of nitro benzene ring substituents is 1. The molecule has 0 spiro atoms. The SMILES string of the molecule is O=C(NC1CCCCCC1O)c1cc(F)ccc1[N+](=O)[O-]. The van der Waals surface area contributed by atoms with E-state index < -0.39 is 34.5 Å². The van der Waals surface area contributed by atoms with Crippen LogP contribution in [0.1, 0.15) is 42.5 Å². The molecule has 1 aromatic rings. The first-order valence-electron chi connectivity index (χ1n) is 6.92. The van der Waals surface area contributed by atoms with E-state index in [2.05, 4.69) is 5.32 Å². The number of aliphatic hydroxyl groups excluding tert-OH is 1. The number of rotatable bonds is 3. The Bertz CT molecular complexity index is 550. The van der Waals surface area contributed by atoms with Crippen LogP contribution in [-0.4, -0.2) is 28.1 Å². The van der Waals surface area contributed by atoms with E-state index in [9.17, 15) is 24.4 Å². The normalized spacial score (nSPS) is 22.4. The van der Waals surface area contributed by atoms with Crippen LogP contribution in [0.5, 0.6) is 0 Å². The highest BCUT2D eigenvalue weighted by molar-refractivity contribution is 5.98. The molecule has 1 fully saturated rings. The summed E-state index contributed by atoms with van der Waals surface area (Å²) in [6.07, 6.45) is 3.24. The lowest BCUT2D eigenvalue weighted by molar-refractivity contribution is -0.385. The maximum atomic E-state index is 13.2. The molecule has 1 aromatic carbocycles. The smallest absolute Gasteiger partial charge is 0.282 e. The second kappa shape index (κ2) is 6.62. The fourth-order valence-electron chi connectivity index (χ4n) is 2.55. The number of carbonyl (C=O) groups excluding carboxylic acids is 1. The molecule has 1 amide bonds. The van der Waals surface area contributed by atoms with Crippen molar-refractivity contribution in [3.8, 4) is 0 Å². The average Bonchev–Trinajstić information content (AvgIpc) is 2.63. The third-order valence-corrected chi connectivity index (χ3v) is 3.70. The number of amides is 1. The van der Waals surface area contributed by atoms with Gasteiger partial charge in [0.2, 0.25) is 0 Å². The standard InChI is InChI=1S/C14H17FN2O4/c15-9-6-7-12(17(20)21)10(8-9)14(19)16-11-4-2-1-3-5-13(11)18/h6-8,11,13,18H,1-5H2,(H,16,19). The molecule has 114 valence electrons. The lowest BCUT2D eigenvalue weighted by Gasteiger charge is -2.21. The molecule has 1 saturated carbocycles. The molecular formula is C14H17FN2O4. The lowest BCUT2D eigenvalue weighted by Crippen LogP contribution is -2.42. The minimum absolute atomic E-state index is 0.323. The van der Waals surface area contributed by atoms with Gasteiger partial charge < -0.3 is 10.4 Å². The maximum absolute atomic E-state index is 13.2. The molecule has 21 heavy (non-hydrogen) atoms. The summed E-state index contributed by atoms with van der Waals surface area (Å²) in [4.78, 5) is 22.3. The summed E-state index contributed by atoms with van der Waals surface area (Å²) in [5.74, 6) is -1.45. The Balaban J connectivity index is 2.19. The van der Waals surface area contributed by atoms with Crippen LogP contribution < -0.4 is 5.32 Å². The van der Waals surface area contributed by atoms with Crippen molar-refractivity contribution in [3.05, 3.63) is 39.7 Å². The van der Waals surface area contributed by atoms with E-state index in [1.54, 1.807) is 0 Å². The zero-order chi connectivity index (χ0) is 15.4. The van der Waals surface area contributed by atoms with E-state index in [1.165, 1.54) is 0 Å². The van der Waals surface area contributed by atoms with Gasteiger partial charge in [-0.2, -0.15) is 0 Å². The number of carbonyl (C=O) groups is 1. The highest BCUT2D eigenvalue weighted by Gasteiger charge is 2.27. The number of nitro groups is 1. The first-order chi connectivity index (χ1) is 9.99. The summed E-state index contributed by atoms with van der Waals surface area (Å²) in [5, 5.41) is 23.4. The van der Waals surface area contributed by atoms with Gasteiger partial charge in [-0.05, 0) is 25.0 Å². The van der Waals surface area contributed by atoms with E-state index in [-0.39, 0.29) is 5.56 Å². The first-order valence-corrected chi connectivity index (χ1v) is 6.92. The molecule has 1 aliphatic carbocycles. The molecule has 0 aromatic heterocycles. The van der Waals surface area contributed by atoms with Gasteiger partial charge in [-0.3, -0.25) is 14.9 Å². The molecule has 0 aliphatic heterocycles. The average molecular weight is 296 g/mol.